The van der Waals surface area contributed by atoms with Crippen molar-refractivity contribution in [2.24, 2.45) is 0 Å². The van der Waals surface area contributed by atoms with Crippen LogP contribution in [0.2, 0.25) is 0 Å². The number of nitrogens with zero attached hydrogens (tertiary/aromatic N) is 2. The molecule has 7 nitrogen and oxygen atoms in total. The Morgan fingerprint density at radius 1 is 1.29 bits per heavy atom. The van der Waals surface area contributed by atoms with Crippen LogP contribution in [0.15, 0.2) is 40.9 Å². The Hall–Kier alpha value is -2.67. The third kappa shape index (κ3) is 5.20. The van der Waals surface area contributed by atoms with Gasteiger partial charge >= 0.3 is 5.97 Å². The van der Waals surface area contributed by atoms with Gasteiger partial charge in [-0.1, -0.05) is 35.5 Å². The van der Waals surface area contributed by atoms with E-state index in [0.29, 0.717) is 25.3 Å². The fourth-order valence-corrected chi connectivity index (χ4v) is 2.26. The van der Waals surface area contributed by atoms with Crippen LogP contribution >= 0.6 is 0 Å². The average Bonchev–Trinajstić information content (AvgIpc) is 3.03. The van der Waals surface area contributed by atoms with E-state index in [2.05, 4.69) is 5.16 Å². The summed E-state index contributed by atoms with van der Waals surface area (Å²) in [4.78, 5) is 24.9. The van der Waals surface area contributed by atoms with E-state index in [1.165, 1.54) is 7.11 Å². The number of methoxy groups -OCH3 is 1. The number of aliphatic carboxylic acids is 1. The fraction of sp³-hybridized carbons (Fsp3) is 0.353. The maximum absolute atomic E-state index is 12.7. The number of carboxylic acids is 1. The molecule has 7 heteroatoms. The zero-order chi connectivity index (χ0) is 17.4. The lowest BCUT2D eigenvalue weighted by Gasteiger charge is -2.21. The summed E-state index contributed by atoms with van der Waals surface area (Å²) in [5.74, 6) is -0.715. The van der Waals surface area contributed by atoms with Crippen LogP contribution in [0, 0.1) is 0 Å². The van der Waals surface area contributed by atoms with Gasteiger partial charge in [0.1, 0.15) is 6.61 Å². The maximum atomic E-state index is 12.7. The van der Waals surface area contributed by atoms with Gasteiger partial charge in [-0.15, -0.1) is 0 Å². The number of aromatic nitrogens is 1. The zero-order valence-corrected chi connectivity index (χ0v) is 13.5. The van der Waals surface area contributed by atoms with Gasteiger partial charge in [0.2, 0.25) is 0 Å². The van der Waals surface area contributed by atoms with Gasteiger partial charge in [0, 0.05) is 32.7 Å². The molecule has 1 N–H and O–H groups in total. The van der Waals surface area contributed by atoms with E-state index in [9.17, 15) is 9.59 Å². The first-order valence-electron chi connectivity index (χ1n) is 7.59. The molecule has 128 valence electrons. The Labute approximate surface area is 139 Å². The molecule has 1 heterocycles. The van der Waals surface area contributed by atoms with Crippen molar-refractivity contribution in [3.05, 3.63) is 53.4 Å². The number of hydrogen-bond donors (Lipinski definition) is 1. The molecule has 0 spiro atoms. The molecule has 0 bridgehead atoms. The van der Waals surface area contributed by atoms with Gasteiger partial charge in [-0.05, 0) is 12.0 Å². The standard InChI is InChI=1S/C17H20N2O5/c1-23-12-14-10-15(18-24-14)17(22)19(9-5-8-16(20)21)11-13-6-3-2-4-7-13/h2-4,6-7,10H,5,8-9,11-12H2,1H3,(H,20,21). The van der Waals surface area contributed by atoms with Crippen LogP contribution in [0.4, 0.5) is 0 Å². The molecule has 0 unspecified atom stereocenters. The zero-order valence-electron chi connectivity index (χ0n) is 13.5. The highest BCUT2D eigenvalue weighted by Gasteiger charge is 2.20. The first-order chi connectivity index (χ1) is 11.6. The highest BCUT2D eigenvalue weighted by Crippen LogP contribution is 2.12. The number of carbonyl (C=O) groups excluding carboxylic acids is 1. The van der Waals surface area contributed by atoms with Gasteiger partial charge in [-0.2, -0.15) is 0 Å². The lowest BCUT2D eigenvalue weighted by Crippen LogP contribution is -2.32. The second-order valence-corrected chi connectivity index (χ2v) is 5.32. The molecule has 0 saturated heterocycles. The van der Waals surface area contributed by atoms with Gasteiger partial charge in [-0.3, -0.25) is 9.59 Å². The van der Waals surface area contributed by atoms with Crippen molar-refractivity contribution < 1.29 is 24.0 Å². The average molecular weight is 332 g/mol. The number of carboxylic acid groups (broad SMARTS) is 1. The quantitative estimate of drug-likeness (QED) is 0.757. The lowest BCUT2D eigenvalue weighted by molar-refractivity contribution is -0.137. The summed E-state index contributed by atoms with van der Waals surface area (Å²) in [6.45, 7) is 0.941. The van der Waals surface area contributed by atoms with Crippen LogP contribution in [0.3, 0.4) is 0 Å². The van der Waals surface area contributed by atoms with Crippen molar-refractivity contribution in [2.75, 3.05) is 13.7 Å². The number of carbonyl (C=O) groups is 2. The van der Waals surface area contributed by atoms with Gasteiger partial charge in [0.15, 0.2) is 11.5 Å². The van der Waals surface area contributed by atoms with Gasteiger partial charge < -0.3 is 19.3 Å². The maximum Gasteiger partial charge on any atom is 0.303 e. The molecule has 2 rings (SSSR count). The lowest BCUT2D eigenvalue weighted by atomic mass is 10.2. The van der Waals surface area contributed by atoms with Crippen LogP contribution in [0.1, 0.15) is 34.7 Å². The Morgan fingerprint density at radius 3 is 2.71 bits per heavy atom. The molecule has 0 fully saturated rings. The second kappa shape index (κ2) is 8.83. The van der Waals surface area contributed by atoms with Gasteiger partial charge in [0.25, 0.3) is 5.91 Å². The minimum Gasteiger partial charge on any atom is -0.481 e. The molecule has 0 aliphatic rings. The Kier molecular flexibility index (Phi) is 6.51. The van der Waals surface area contributed by atoms with E-state index in [1.54, 1.807) is 11.0 Å². The SMILES string of the molecule is COCc1cc(C(=O)N(CCCC(=O)O)Cc2ccccc2)no1. The van der Waals surface area contributed by atoms with Crippen molar-refractivity contribution in [2.45, 2.75) is 26.0 Å². The normalized spacial score (nSPS) is 10.5. The van der Waals surface area contributed by atoms with Crippen molar-refractivity contribution in [1.29, 1.82) is 0 Å². The number of ether oxygens (including phenoxy) is 1. The number of rotatable bonds is 9. The monoisotopic (exact) mass is 332 g/mol. The summed E-state index contributed by atoms with van der Waals surface area (Å²) in [5.41, 5.74) is 1.15. The number of amides is 1. The van der Waals surface area contributed by atoms with E-state index in [1.807, 2.05) is 30.3 Å². The fourth-order valence-electron chi connectivity index (χ4n) is 2.26. The molecule has 1 aromatic heterocycles. The van der Waals surface area contributed by atoms with Crippen LogP contribution in [0.25, 0.3) is 0 Å². The summed E-state index contributed by atoms with van der Waals surface area (Å²) in [5, 5.41) is 12.6. The summed E-state index contributed by atoms with van der Waals surface area (Å²) < 4.78 is 10.00. The molecule has 0 aliphatic heterocycles. The van der Waals surface area contributed by atoms with E-state index in [-0.39, 0.29) is 24.6 Å². The first-order valence-corrected chi connectivity index (χ1v) is 7.59. The summed E-state index contributed by atoms with van der Waals surface area (Å²) >= 11 is 0. The van der Waals surface area contributed by atoms with Crippen LogP contribution in [-0.2, 0) is 22.7 Å². The summed E-state index contributed by atoms with van der Waals surface area (Å²) in [6, 6.07) is 11.0. The van der Waals surface area contributed by atoms with Crippen molar-refractivity contribution in [3.8, 4) is 0 Å². The van der Waals surface area contributed by atoms with Crippen LogP contribution in [0.5, 0.6) is 0 Å². The Morgan fingerprint density at radius 2 is 2.04 bits per heavy atom. The van der Waals surface area contributed by atoms with Crippen LogP contribution < -0.4 is 0 Å². The second-order valence-electron chi connectivity index (χ2n) is 5.32. The molecular weight excluding hydrogens is 312 g/mol. The highest BCUT2D eigenvalue weighted by molar-refractivity contribution is 5.92. The minimum absolute atomic E-state index is 0.00626. The summed E-state index contributed by atoms with van der Waals surface area (Å²) in [6.07, 6.45) is 0.378. The van der Waals surface area contributed by atoms with Gasteiger partial charge in [0.05, 0.1) is 0 Å². The van der Waals surface area contributed by atoms with Crippen molar-refractivity contribution >= 4 is 11.9 Å². The molecule has 0 saturated carbocycles. The molecule has 1 amide bonds. The molecule has 2 aromatic rings. The van der Waals surface area contributed by atoms with Crippen molar-refractivity contribution in [3.63, 3.8) is 0 Å². The molecule has 0 radical (unpaired) electrons. The first kappa shape index (κ1) is 17.7. The third-order valence-corrected chi connectivity index (χ3v) is 3.39. The van der Waals surface area contributed by atoms with E-state index in [0.717, 1.165) is 5.56 Å². The number of hydrogen-bond acceptors (Lipinski definition) is 5. The Balaban J connectivity index is 2.10. The predicted molar refractivity (Wildman–Crippen MR) is 85.3 cm³/mol. The van der Waals surface area contributed by atoms with E-state index >= 15 is 0 Å². The predicted octanol–water partition coefficient (Wildman–Crippen LogP) is 2.33. The molecule has 1 aromatic carbocycles. The molecule has 0 aliphatic carbocycles. The Bertz CT molecular complexity index is 669. The van der Waals surface area contributed by atoms with Crippen molar-refractivity contribution in [1.82, 2.24) is 10.1 Å². The minimum atomic E-state index is -0.883. The third-order valence-electron chi connectivity index (χ3n) is 3.39. The largest absolute Gasteiger partial charge is 0.481 e. The van der Waals surface area contributed by atoms with Crippen LogP contribution in [-0.4, -0.2) is 40.7 Å². The van der Waals surface area contributed by atoms with E-state index in [4.69, 9.17) is 14.4 Å². The molecule has 24 heavy (non-hydrogen) atoms. The topological polar surface area (TPSA) is 92.9 Å². The number of benzene rings is 1. The van der Waals surface area contributed by atoms with E-state index < -0.39 is 5.97 Å². The molecule has 0 atom stereocenters. The highest BCUT2D eigenvalue weighted by atomic mass is 16.5. The summed E-state index contributed by atoms with van der Waals surface area (Å²) in [7, 11) is 1.53. The van der Waals surface area contributed by atoms with Gasteiger partial charge in [-0.25, -0.2) is 0 Å². The smallest absolute Gasteiger partial charge is 0.303 e. The molecular formula is C17H20N2O5.